The zero-order valence-electron chi connectivity index (χ0n) is 17.9. The van der Waals surface area contributed by atoms with Crippen LogP contribution in [0.5, 0.6) is 0 Å². The van der Waals surface area contributed by atoms with Gasteiger partial charge in [-0.3, -0.25) is 14.5 Å². The van der Waals surface area contributed by atoms with E-state index in [0.717, 1.165) is 37.5 Å². The molecule has 3 aromatic rings. The fraction of sp³-hybridized carbons (Fsp3) is 0.240. The van der Waals surface area contributed by atoms with Crippen molar-refractivity contribution in [2.45, 2.75) is 19.4 Å². The maximum absolute atomic E-state index is 12.9. The molecule has 1 fully saturated rings. The van der Waals surface area contributed by atoms with Gasteiger partial charge in [0.05, 0.1) is 16.3 Å². The normalized spacial score (nSPS) is 14.6. The summed E-state index contributed by atoms with van der Waals surface area (Å²) in [6.45, 7) is 2.52. The number of piperidine rings is 1. The lowest BCUT2D eigenvalue weighted by molar-refractivity contribution is -0.121. The maximum Gasteiger partial charge on any atom is 0.258 e. The molecule has 6 nitrogen and oxygen atoms in total. The highest BCUT2D eigenvalue weighted by molar-refractivity contribution is 6.30. The van der Waals surface area contributed by atoms with E-state index in [2.05, 4.69) is 20.5 Å². The van der Waals surface area contributed by atoms with E-state index in [9.17, 15) is 9.59 Å². The SMILES string of the molecule is O=C(Nc1ccc(Cl)cn1)c1ccccc1NC(=O)C1CCN(Cc2ccc(Cl)cc2)CC1. The van der Waals surface area contributed by atoms with Crippen LogP contribution in [0.1, 0.15) is 28.8 Å². The molecule has 1 saturated heterocycles. The second kappa shape index (κ2) is 10.8. The first kappa shape index (κ1) is 23.2. The summed E-state index contributed by atoms with van der Waals surface area (Å²) in [6, 6.07) is 18.1. The van der Waals surface area contributed by atoms with Gasteiger partial charge in [-0.2, -0.15) is 0 Å². The van der Waals surface area contributed by atoms with Gasteiger partial charge in [-0.15, -0.1) is 0 Å². The molecule has 0 saturated carbocycles. The van der Waals surface area contributed by atoms with E-state index in [0.29, 0.717) is 22.1 Å². The van der Waals surface area contributed by atoms with Gasteiger partial charge in [-0.25, -0.2) is 4.98 Å². The van der Waals surface area contributed by atoms with Gasteiger partial charge in [0.2, 0.25) is 5.91 Å². The van der Waals surface area contributed by atoms with Crippen molar-refractivity contribution in [3.63, 3.8) is 0 Å². The summed E-state index contributed by atoms with van der Waals surface area (Å²) in [7, 11) is 0. The van der Waals surface area contributed by atoms with Gasteiger partial charge < -0.3 is 10.6 Å². The Hall–Kier alpha value is -2.93. The first-order valence-corrected chi connectivity index (χ1v) is 11.5. The van der Waals surface area contributed by atoms with E-state index in [4.69, 9.17) is 23.2 Å². The molecule has 2 heterocycles. The lowest BCUT2D eigenvalue weighted by Crippen LogP contribution is -2.38. The van der Waals surface area contributed by atoms with Crippen LogP contribution in [0, 0.1) is 5.92 Å². The van der Waals surface area contributed by atoms with Crippen molar-refractivity contribution >= 4 is 46.5 Å². The van der Waals surface area contributed by atoms with Crippen molar-refractivity contribution in [1.82, 2.24) is 9.88 Å². The molecule has 2 aromatic carbocycles. The average Bonchev–Trinajstić information content (AvgIpc) is 2.83. The molecule has 0 aliphatic carbocycles. The third-order valence-corrected chi connectivity index (χ3v) is 6.15. The number of hydrogen-bond acceptors (Lipinski definition) is 4. The van der Waals surface area contributed by atoms with Crippen LogP contribution >= 0.6 is 23.2 Å². The summed E-state index contributed by atoms with van der Waals surface area (Å²) < 4.78 is 0. The maximum atomic E-state index is 12.9. The highest BCUT2D eigenvalue weighted by Gasteiger charge is 2.26. The molecular weight excluding hydrogens is 459 g/mol. The molecule has 2 N–H and O–H groups in total. The van der Waals surface area contributed by atoms with E-state index in [1.807, 2.05) is 24.3 Å². The Bertz CT molecular complexity index is 1110. The summed E-state index contributed by atoms with van der Waals surface area (Å²) in [6.07, 6.45) is 3.00. The quantitative estimate of drug-likeness (QED) is 0.486. The van der Waals surface area contributed by atoms with Gasteiger partial charge in [0.25, 0.3) is 5.91 Å². The van der Waals surface area contributed by atoms with Crippen LogP contribution in [0.3, 0.4) is 0 Å². The van der Waals surface area contributed by atoms with Gasteiger partial charge in [0.15, 0.2) is 0 Å². The molecule has 2 amide bonds. The number of aromatic nitrogens is 1. The first-order chi connectivity index (χ1) is 16.0. The summed E-state index contributed by atoms with van der Waals surface area (Å²) in [5, 5.41) is 6.90. The standard InChI is InChI=1S/C25H24Cl2N4O2/c26-19-7-5-17(6-8-19)16-31-13-11-18(12-14-31)24(32)29-22-4-2-1-3-21(22)25(33)30-23-10-9-20(27)15-28-23/h1-10,15,18H,11-14,16H2,(H,29,32)(H,28,30,33). The number of para-hydroxylation sites is 1. The van der Waals surface area contributed by atoms with Crippen LogP contribution in [-0.4, -0.2) is 34.8 Å². The topological polar surface area (TPSA) is 74.3 Å². The van der Waals surface area contributed by atoms with Crippen molar-refractivity contribution in [3.8, 4) is 0 Å². The van der Waals surface area contributed by atoms with Crippen LogP contribution in [0.25, 0.3) is 0 Å². The molecule has 1 aromatic heterocycles. The summed E-state index contributed by atoms with van der Waals surface area (Å²) in [4.78, 5) is 32.1. The summed E-state index contributed by atoms with van der Waals surface area (Å²) in [5.41, 5.74) is 2.07. The molecule has 0 radical (unpaired) electrons. The molecule has 8 heteroatoms. The van der Waals surface area contributed by atoms with Crippen molar-refractivity contribution in [2.75, 3.05) is 23.7 Å². The Labute approximate surface area is 202 Å². The fourth-order valence-electron chi connectivity index (χ4n) is 3.86. The Kier molecular flexibility index (Phi) is 7.60. The highest BCUT2D eigenvalue weighted by atomic mass is 35.5. The number of hydrogen-bond donors (Lipinski definition) is 2. The van der Waals surface area contributed by atoms with Crippen LogP contribution in [0.2, 0.25) is 10.0 Å². The minimum atomic E-state index is -0.349. The predicted octanol–water partition coefficient (Wildman–Crippen LogP) is 5.49. The number of nitrogens with zero attached hydrogens (tertiary/aromatic N) is 2. The Morgan fingerprint density at radius 3 is 2.30 bits per heavy atom. The fourth-order valence-corrected chi connectivity index (χ4v) is 4.10. The third kappa shape index (κ3) is 6.32. The average molecular weight is 483 g/mol. The van der Waals surface area contributed by atoms with Crippen LogP contribution in [0.15, 0.2) is 66.9 Å². The number of likely N-dealkylation sites (tertiary alicyclic amines) is 1. The predicted molar refractivity (Wildman–Crippen MR) is 132 cm³/mol. The Morgan fingerprint density at radius 1 is 0.909 bits per heavy atom. The van der Waals surface area contributed by atoms with Crippen molar-refractivity contribution in [3.05, 3.63) is 88.0 Å². The summed E-state index contributed by atoms with van der Waals surface area (Å²) in [5.74, 6) is -0.122. The summed E-state index contributed by atoms with van der Waals surface area (Å²) >= 11 is 11.8. The number of pyridine rings is 1. The molecule has 0 unspecified atom stereocenters. The Balaban J connectivity index is 1.33. The lowest BCUT2D eigenvalue weighted by atomic mass is 9.95. The largest absolute Gasteiger partial charge is 0.325 e. The molecule has 0 bridgehead atoms. The molecule has 0 spiro atoms. The van der Waals surface area contributed by atoms with Crippen LogP contribution in [-0.2, 0) is 11.3 Å². The number of carbonyl (C=O) groups is 2. The van der Waals surface area contributed by atoms with E-state index in [-0.39, 0.29) is 17.7 Å². The van der Waals surface area contributed by atoms with Crippen molar-refractivity contribution in [1.29, 1.82) is 0 Å². The molecule has 4 rings (SSSR count). The monoisotopic (exact) mass is 482 g/mol. The zero-order chi connectivity index (χ0) is 23.2. The zero-order valence-corrected chi connectivity index (χ0v) is 19.4. The van der Waals surface area contributed by atoms with Gasteiger partial charge >= 0.3 is 0 Å². The third-order valence-electron chi connectivity index (χ3n) is 5.68. The molecule has 33 heavy (non-hydrogen) atoms. The van der Waals surface area contributed by atoms with E-state index in [1.165, 1.54) is 11.8 Å². The second-order valence-corrected chi connectivity index (χ2v) is 8.90. The Morgan fingerprint density at radius 2 is 1.61 bits per heavy atom. The number of halogens is 2. The first-order valence-electron chi connectivity index (χ1n) is 10.8. The number of benzene rings is 2. The minimum absolute atomic E-state index is 0.0639. The number of amides is 2. The molecule has 170 valence electrons. The lowest BCUT2D eigenvalue weighted by Gasteiger charge is -2.31. The van der Waals surface area contributed by atoms with Crippen molar-refractivity contribution in [2.24, 2.45) is 5.92 Å². The number of anilines is 2. The second-order valence-electron chi connectivity index (χ2n) is 8.03. The van der Waals surface area contributed by atoms with Gasteiger partial charge in [-0.1, -0.05) is 47.5 Å². The minimum Gasteiger partial charge on any atom is -0.325 e. The van der Waals surface area contributed by atoms with Crippen molar-refractivity contribution < 1.29 is 9.59 Å². The van der Waals surface area contributed by atoms with Gasteiger partial charge in [-0.05, 0) is 67.9 Å². The highest BCUT2D eigenvalue weighted by Crippen LogP contribution is 2.23. The molecule has 1 aliphatic rings. The molecular formula is C25H24Cl2N4O2. The van der Waals surface area contributed by atoms with E-state index >= 15 is 0 Å². The van der Waals surface area contributed by atoms with E-state index < -0.39 is 0 Å². The smallest absolute Gasteiger partial charge is 0.258 e. The number of rotatable bonds is 6. The van der Waals surface area contributed by atoms with Crippen LogP contribution in [0.4, 0.5) is 11.5 Å². The number of carbonyl (C=O) groups excluding carboxylic acids is 2. The number of nitrogens with one attached hydrogen (secondary N) is 2. The van der Waals surface area contributed by atoms with Crippen LogP contribution < -0.4 is 10.6 Å². The molecule has 0 atom stereocenters. The van der Waals surface area contributed by atoms with E-state index in [1.54, 1.807) is 36.4 Å². The van der Waals surface area contributed by atoms with Gasteiger partial charge in [0.1, 0.15) is 5.82 Å². The molecule has 1 aliphatic heterocycles. The van der Waals surface area contributed by atoms with Gasteiger partial charge in [0, 0.05) is 23.7 Å².